The van der Waals surface area contributed by atoms with Gasteiger partial charge >= 0.3 is 0 Å². The van der Waals surface area contributed by atoms with Crippen LogP contribution in [0.15, 0.2) is 388 Å². The van der Waals surface area contributed by atoms with Crippen LogP contribution in [0, 0.1) is 0 Å². The quantitative estimate of drug-likeness (QED) is 0.122. The number of nitrogens with zero attached hydrogens (tertiary/aromatic N) is 4. The zero-order chi connectivity index (χ0) is 69.9. The van der Waals surface area contributed by atoms with Gasteiger partial charge in [-0.05, 0) is 159 Å². The van der Waals surface area contributed by atoms with Crippen LogP contribution in [0.2, 0.25) is 0 Å². The first-order valence-electron chi connectivity index (χ1n) is 36.7. The largest absolute Gasteiger partial charge is 0.228 e. The van der Waals surface area contributed by atoms with E-state index >= 15 is 0 Å². The molecule has 106 heavy (non-hydrogen) atoms. The maximum atomic E-state index is 5.59. The first kappa shape index (κ1) is 61.2. The fourth-order valence-corrected chi connectivity index (χ4v) is 18.6. The average molecular weight is 1350 g/mol. The minimum atomic E-state index is -0.511. The van der Waals surface area contributed by atoms with Gasteiger partial charge in [-0.3, -0.25) is 0 Å². The monoisotopic (exact) mass is 1350 g/mol. The number of aromatic nitrogens is 4. The fourth-order valence-electron chi connectivity index (χ4n) is 18.6. The average Bonchev–Trinajstić information content (AvgIpc) is 1.22. The zero-order valence-electron chi connectivity index (χ0n) is 57.9. The predicted molar refractivity (Wildman–Crippen MR) is 430 cm³/mol. The van der Waals surface area contributed by atoms with Gasteiger partial charge in [-0.2, -0.15) is 0 Å². The molecular weight excluding hydrogens is 1280 g/mol. The molecule has 2 atom stereocenters. The molecule has 494 valence electrons. The summed E-state index contributed by atoms with van der Waals surface area (Å²) in [5, 5.41) is 0. The van der Waals surface area contributed by atoms with Crippen molar-refractivity contribution in [1.82, 2.24) is 19.9 Å². The van der Waals surface area contributed by atoms with E-state index in [0.717, 1.165) is 67.3 Å². The van der Waals surface area contributed by atoms with E-state index in [1.807, 2.05) is 0 Å². The van der Waals surface area contributed by atoms with Crippen molar-refractivity contribution in [3.8, 4) is 112 Å². The van der Waals surface area contributed by atoms with Gasteiger partial charge in [0.1, 0.15) is 0 Å². The van der Waals surface area contributed by atoms with E-state index < -0.39 is 10.8 Å². The summed E-state index contributed by atoms with van der Waals surface area (Å²) in [7, 11) is 0. The van der Waals surface area contributed by atoms with Crippen LogP contribution in [0.25, 0.3) is 112 Å². The number of hydrogen-bond donors (Lipinski definition) is 0. The highest BCUT2D eigenvalue weighted by Crippen LogP contribution is 2.61. The molecule has 0 saturated heterocycles. The van der Waals surface area contributed by atoms with Crippen LogP contribution in [0.3, 0.4) is 0 Å². The molecule has 22 rings (SSSR count). The summed E-state index contributed by atoms with van der Waals surface area (Å²) in [6.07, 6.45) is 0. The molecule has 0 spiro atoms. The van der Waals surface area contributed by atoms with Gasteiger partial charge in [0, 0.05) is 45.2 Å². The predicted octanol–water partition coefficient (Wildman–Crippen LogP) is 24.3. The third-order valence-electron chi connectivity index (χ3n) is 23.0. The zero-order valence-corrected chi connectivity index (χ0v) is 57.9. The summed E-state index contributed by atoms with van der Waals surface area (Å²) in [4.78, 5) is 22.1. The van der Waals surface area contributed by atoms with Crippen molar-refractivity contribution < 1.29 is 0 Å². The lowest BCUT2D eigenvalue weighted by atomic mass is 9.61. The van der Waals surface area contributed by atoms with Crippen LogP contribution in [0.4, 0.5) is 0 Å². The second-order valence-electron chi connectivity index (χ2n) is 28.5. The summed E-state index contributed by atoms with van der Waals surface area (Å²) < 4.78 is 0. The van der Waals surface area contributed by atoms with E-state index in [-0.39, 0.29) is 11.8 Å². The van der Waals surface area contributed by atoms with E-state index in [1.54, 1.807) is 0 Å². The molecule has 5 aliphatic carbocycles. The van der Waals surface area contributed by atoms with Crippen molar-refractivity contribution in [3.05, 3.63) is 466 Å². The number of rotatable bonds is 12. The smallest absolute Gasteiger partial charge is 0.160 e. The highest BCUT2D eigenvalue weighted by atomic mass is 14.9. The lowest BCUT2D eigenvalue weighted by Crippen LogP contribution is -2.28. The molecule has 2 aromatic heterocycles. The maximum absolute atomic E-state index is 5.59. The van der Waals surface area contributed by atoms with Gasteiger partial charge in [0.2, 0.25) is 0 Å². The highest BCUT2D eigenvalue weighted by molar-refractivity contribution is 5.98. The topological polar surface area (TPSA) is 51.6 Å². The van der Waals surface area contributed by atoms with Crippen LogP contribution >= 0.6 is 0 Å². The van der Waals surface area contributed by atoms with Crippen LogP contribution in [-0.4, -0.2) is 19.9 Å². The number of benzene rings is 15. The Morgan fingerprint density at radius 1 is 0.179 bits per heavy atom. The molecule has 0 radical (unpaired) electrons. The third-order valence-corrected chi connectivity index (χ3v) is 23.0. The van der Waals surface area contributed by atoms with Crippen molar-refractivity contribution >= 4 is 0 Å². The van der Waals surface area contributed by atoms with Crippen molar-refractivity contribution in [1.29, 1.82) is 0 Å². The standard InChI is InChI=1S/C102H66N4/c1-7-29-65(30-8-1)91-63-93(69-35-25-33-67(59-69)77-49-27-53-89-97(77)83-47-21-23-51-87(83)101(89,73-37-11-3-12-38-73)74-39-13-4-14-40-74)105-99(103-91)71-55-57-81-85(61-71)95-79-45-19-20-46-80(79)96(81)86-62-72(56-58-82(86)95)100-104-92(66-31-9-2-10-32-66)64-94(106-100)70-36-26-34-68(60-70)78-50-28-54-90-98(78)84-48-22-24-52-88(84)102(90,75-41-15-5-16-42-75)76-43-17-6-18-44-76/h1-64,95-96H. The summed E-state index contributed by atoms with van der Waals surface area (Å²) >= 11 is 0. The Bertz CT molecular complexity index is 5860. The molecular formula is C102H66N4. The van der Waals surface area contributed by atoms with Gasteiger partial charge in [0.05, 0.1) is 33.6 Å². The summed E-state index contributed by atoms with van der Waals surface area (Å²) in [6, 6.07) is 142. The molecule has 2 heterocycles. The summed E-state index contributed by atoms with van der Waals surface area (Å²) in [6.45, 7) is 0. The first-order chi connectivity index (χ1) is 52.6. The number of hydrogen-bond acceptors (Lipinski definition) is 4. The molecule has 0 fully saturated rings. The van der Waals surface area contributed by atoms with Gasteiger partial charge < -0.3 is 0 Å². The van der Waals surface area contributed by atoms with E-state index in [1.165, 1.54) is 111 Å². The van der Waals surface area contributed by atoms with Crippen LogP contribution in [-0.2, 0) is 10.8 Å². The molecule has 5 aliphatic rings. The molecule has 0 N–H and O–H groups in total. The minimum Gasteiger partial charge on any atom is -0.228 e. The number of fused-ring (bicyclic) bond motifs is 6. The SMILES string of the molecule is c1ccc(-c2cc(-c3cccc(-c4cccc5c4-c4ccccc4C5(c4ccccc4)c4ccccc4)c3)nc(-c3ccc4c(c3)C3c5ccccc5C4c4cc(-c5nc(-c6ccccc6)cc(-c6cccc(-c7cccc8c7-c7ccccc7C8(c7ccccc7)c7ccccc7)c6)n5)ccc43)n2)cc1. The Hall–Kier alpha value is -13.5. The molecule has 0 amide bonds. The first-order valence-corrected chi connectivity index (χ1v) is 36.7. The Balaban J connectivity index is 0.659. The highest BCUT2D eigenvalue weighted by Gasteiger charge is 2.49. The lowest BCUT2D eigenvalue weighted by molar-refractivity contribution is 0.754. The molecule has 4 heteroatoms. The van der Waals surface area contributed by atoms with Gasteiger partial charge in [0.25, 0.3) is 0 Å². The molecule has 0 aliphatic heterocycles. The van der Waals surface area contributed by atoms with Crippen molar-refractivity contribution in [2.45, 2.75) is 22.7 Å². The van der Waals surface area contributed by atoms with E-state index in [9.17, 15) is 0 Å². The molecule has 15 aromatic carbocycles. The Morgan fingerprint density at radius 2 is 0.462 bits per heavy atom. The second kappa shape index (κ2) is 24.6. The van der Waals surface area contributed by atoms with Crippen LogP contribution in [0.5, 0.6) is 0 Å². The van der Waals surface area contributed by atoms with E-state index in [0.29, 0.717) is 11.6 Å². The lowest BCUT2D eigenvalue weighted by Gasteiger charge is -2.42. The summed E-state index contributed by atoms with van der Waals surface area (Å²) in [5.74, 6) is 1.31. The maximum Gasteiger partial charge on any atom is 0.160 e. The molecule has 4 nitrogen and oxygen atoms in total. The Kier molecular flexibility index (Phi) is 14.2. The van der Waals surface area contributed by atoms with Crippen molar-refractivity contribution in [3.63, 3.8) is 0 Å². The van der Waals surface area contributed by atoms with Gasteiger partial charge in [-0.25, -0.2) is 19.9 Å². The third kappa shape index (κ3) is 9.40. The Morgan fingerprint density at radius 3 is 0.849 bits per heavy atom. The molecule has 2 unspecified atom stereocenters. The van der Waals surface area contributed by atoms with Gasteiger partial charge in [-0.1, -0.05) is 352 Å². The van der Waals surface area contributed by atoms with E-state index in [2.05, 4.69) is 388 Å². The fraction of sp³-hybridized carbons (Fsp3) is 0.0392. The summed E-state index contributed by atoms with van der Waals surface area (Å²) in [5.41, 5.74) is 36.0. The minimum absolute atomic E-state index is 0.0271. The normalized spacial score (nSPS) is 14.8. The Labute approximate surface area is 617 Å². The van der Waals surface area contributed by atoms with E-state index in [4.69, 9.17) is 19.9 Å². The van der Waals surface area contributed by atoms with Gasteiger partial charge in [0.15, 0.2) is 11.6 Å². The molecule has 17 aromatic rings. The van der Waals surface area contributed by atoms with Crippen molar-refractivity contribution in [2.24, 2.45) is 0 Å². The van der Waals surface area contributed by atoms with Crippen LogP contribution < -0.4 is 0 Å². The van der Waals surface area contributed by atoms with Crippen molar-refractivity contribution in [2.75, 3.05) is 0 Å². The second-order valence-corrected chi connectivity index (χ2v) is 28.5. The molecule has 0 saturated carbocycles. The molecule has 2 bridgehead atoms. The van der Waals surface area contributed by atoms with Crippen LogP contribution in [0.1, 0.15) is 89.7 Å². The van der Waals surface area contributed by atoms with Gasteiger partial charge in [-0.15, -0.1) is 0 Å².